The third kappa shape index (κ3) is 4.36. The summed E-state index contributed by atoms with van der Waals surface area (Å²) in [5.74, 6) is 0.145. The summed E-state index contributed by atoms with van der Waals surface area (Å²) < 4.78 is 7.41. The molecule has 5 nitrogen and oxygen atoms in total. The van der Waals surface area contributed by atoms with Crippen molar-refractivity contribution in [3.05, 3.63) is 86.5 Å². The summed E-state index contributed by atoms with van der Waals surface area (Å²) in [6.07, 6.45) is 1.65. The quantitative estimate of drug-likeness (QED) is 0.740. The first-order chi connectivity index (χ1) is 12.1. The predicted octanol–water partition coefficient (Wildman–Crippen LogP) is 2.96. The van der Waals surface area contributed by atoms with Gasteiger partial charge in [0, 0.05) is 18.8 Å². The van der Waals surface area contributed by atoms with Crippen molar-refractivity contribution in [3.8, 4) is 5.75 Å². The van der Waals surface area contributed by atoms with Crippen molar-refractivity contribution < 1.29 is 9.53 Å². The van der Waals surface area contributed by atoms with E-state index in [-0.39, 0.29) is 17.9 Å². The first kappa shape index (κ1) is 17.0. The molecule has 2 aromatic heterocycles. The van der Waals surface area contributed by atoms with Crippen LogP contribution < -0.4 is 15.5 Å². The van der Waals surface area contributed by atoms with Gasteiger partial charge >= 0.3 is 0 Å². The Morgan fingerprint density at radius 1 is 1.20 bits per heavy atom. The Morgan fingerprint density at radius 3 is 2.72 bits per heavy atom. The molecule has 6 heteroatoms. The van der Waals surface area contributed by atoms with Crippen molar-refractivity contribution in [3.63, 3.8) is 0 Å². The second-order valence-corrected chi connectivity index (χ2v) is 6.49. The number of carbonyl (C=O) groups is 1. The molecule has 128 valence electrons. The summed E-state index contributed by atoms with van der Waals surface area (Å²) in [4.78, 5) is 24.9. The Hall–Kier alpha value is -2.86. The Morgan fingerprint density at radius 2 is 2.00 bits per heavy atom. The van der Waals surface area contributed by atoms with E-state index in [1.807, 2.05) is 48.8 Å². The van der Waals surface area contributed by atoms with Gasteiger partial charge in [0.1, 0.15) is 6.61 Å². The molecule has 0 spiro atoms. The smallest absolute Gasteiger partial charge is 0.261 e. The molecule has 3 rings (SSSR count). The molecule has 0 saturated carbocycles. The lowest BCUT2D eigenvalue weighted by molar-refractivity contribution is 0.0954. The lowest BCUT2D eigenvalue weighted by Gasteiger charge is -2.12. The Kier molecular flexibility index (Phi) is 5.30. The zero-order chi connectivity index (χ0) is 17.6. The lowest BCUT2D eigenvalue weighted by atomic mass is 10.2. The van der Waals surface area contributed by atoms with E-state index in [0.717, 1.165) is 5.56 Å². The molecule has 0 bridgehead atoms. The van der Waals surface area contributed by atoms with Crippen molar-refractivity contribution >= 4 is 17.2 Å². The number of pyridine rings is 1. The van der Waals surface area contributed by atoms with E-state index in [9.17, 15) is 9.59 Å². The van der Waals surface area contributed by atoms with Crippen LogP contribution in [0.4, 0.5) is 0 Å². The fourth-order valence-electron chi connectivity index (χ4n) is 2.33. The molecule has 0 aliphatic carbocycles. The molecule has 1 aromatic carbocycles. The highest BCUT2D eigenvalue weighted by Gasteiger charge is 2.09. The molecule has 0 unspecified atom stereocenters. The van der Waals surface area contributed by atoms with Gasteiger partial charge in [0.15, 0.2) is 5.75 Å². The van der Waals surface area contributed by atoms with Crippen molar-refractivity contribution in [2.45, 2.75) is 13.2 Å². The van der Waals surface area contributed by atoms with Gasteiger partial charge in [-0.2, -0.15) is 0 Å². The number of thiophene rings is 1. The second-order valence-electron chi connectivity index (χ2n) is 5.54. The third-order valence-corrected chi connectivity index (χ3v) is 4.59. The zero-order valence-electron chi connectivity index (χ0n) is 13.8. The molecule has 0 aliphatic heterocycles. The molecule has 0 aliphatic rings. The molecular weight excluding hydrogens is 336 g/mol. The predicted molar refractivity (Wildman–Crippen MR) is 97.9 cm³/mol. The number of nitrogens with zero attached hydrogens (tertiary/aromatic N) is 1. The lowest BCUT2D eigenvalue weighted by Crippen LogP contribution is -2.25. The number of hydrogen-bond donors (Lipinski definition) is 1. The SMILES string of the molecule is Cn1cc(OCc2ccccc2)c(=O)cc1CNC(=O)c1cccs1. The Labute approximate surface area is 149 Å². The fraction of sp³-hybridized carbons (Fsp3) is 0.158. The molecule has 0 radical (unpaired) electrons. The van der Waals surface area contributed by atoms with Crippen LogP contribution in [0.5, 0.6) is 5.75 Å². The topological polar surface area (TPSA) is 60.3 Å². The molecule has 0 fully saturated rings. The second kappa shape index (κ2) is 7.81. The standard InChI is InChI=1S/C19H18N2O3S/c1-21-12-17(24-13-14-6-3-2-4-7-14)16(22)10-15(21)11-20-19(23)18-8-5-9-25-18/h2-10,12H,11,13H2,1H3,(H,20,23). The minimum Gasteiger partial charge on any atom is -0.483 e. The number of hydrogen-bond acceptors (Lipinski definition) is 4. The van der Waals surface area contributed by atoms with Crippen LogP contribution in [0.1, 0.15) is 20.9 Å². The molecule has 3 aromatic rings. The normalized spacial score (nSPS) is 10.4. The van der Waals surface area contributed by atoms with Crippen molar-refractivity contribution in [1.82, 2.24) is 9.88 Å². The summed E-state index contributed by atoms with van der Waals surface area (Å²) in [6.45, 7) is 0.617. The highest BCUT2D eigenvalue weighted by atomic mass is 32.1. The summed E-state index contributed by atoms with van der Waals surface area (Å²) >= 11 is 1.38. The van der Waals surface area contributed by atoms with Gasteiger partial charge < -0.3 is 14.6 Å². The molecular formula is C19H18N2O3S. The van der Waals surface area contributed by atoms with Crippen LogP contribution >= 0.6 is 11.3 Å². The van der Waals surface area contributed by atoms with E-state index < -0.39 is 0 Å². The maximum Gasteiger partial charge on any atom is 0.261 e. The van der Waals surface area contributed by atoms with E-state index in [2.05, 4.69) is 5.32 Å². The zero-order valence-corrected chi connectivity index (χ0v) is 14.6. The molecule has 0 atom stereocenters. The minimum absolute atomic E-state index is 0.146. The van der Waals surface area contributed by atoms with Crippen LogP contribution in [0.2, 0.25) is 0 Å². The molecule has 1 amide bonds. The molecule has 25 heavy (non-hydrogen) atoms. The number of carbonyl (C=O) groups excluding carboxylic acids is 1. The van der Waals surface area contributed by atoms with E-state index in [1.54, 1.807) is 16.8 Å². The average Bonchev–Trinajstić information content (AvgIpc) is 3.16. The minimum atomic E-state index is -0.200. The van der Waals surface area contributed by atoms with Crippen LogP contribution in [-0.2, 0) is 20.2 Å². The third-order valence-electron chi connectivity index (χ3n) is 3.72. The monoisotopic (exact) mass is 354 g/mol. The number of ether oxygens (including phenoxy) is 1. The molecule has 2 heterocycles. The van der Waals surface area contributed by atoms with Crippen LogP contribution in [0.15, 0.2) is 64.9 Å². The highest BCUT2D eigenvalue weighted by molar-refractivity contribution is 7.12. The maximum atomic E-state index is 12.2. The Balaban J connectivity index is 1.65. The number of aryl methyl sites for hydroxylation is 1. The maximum absolute atomic E-state index is 12.2. The van der Waals surface area contributed by atoms with Crippen molar-refractivity contribution in [2.75, 3.05) is 0 Å². The number of rotatable bonds is 6. The fourth-order valence-corrected chi connectivity index (χ4v) is 2.97. The van der Waals surface area contributed by atoms with Gasteiger partial charge in [-0.15, -0.1) is 11.3 Å². The molecule has 0 saturated heterocycles. The van der Waals surface area contributed by atoms with Gasteiger partial charge in [-0.3, -0.25) is 9.59 Å². The van der Waals surface area contributed by atoms with Gasteiger partial charge in [-0.05, 0) is 17.0 Å². The summed E-state index contributed by atoms with van der Waals surface area (Å²) in [7, 11) is 1.82. The van der Waals surface area contributed by atoms with Crippen LogP contribution in [0.25, 0.3) is 0 Å². The van der Waals surface area contributed by atoms with Crippen molar-refractivity contribution in [1.29, 1.82) is 0 Å². The number of amides is 1. The number of benzene rings is 1. The number of aromatic nitrogens is 1. The van der Waals surface area contributed by atoms with Crippen LogP contribution in [0, 0.1) is 0 Å². The van der Waals surface area contributed by atoms with Gasteiger partial charge in [-0.25, -0.2) is 0 Å². The molecule has 1 N–H and O–H groups in total. The van der Waals surface area contributed by atoms with E-state index in [1.165, 1.54) is 17.4 Å². The Bertz CT molecular complexity index is 902. The first-order valence-electron chi connectivity index (χ1n) is 7.81. The van der Waals surface area contributed by atoms with E-state index >= 15 is 0 Å². The average molecular weight is 354 g/mol. The largest absolute Gasteiger partial charge is 0.483 e. The van der Waals surface area contributed by atoms with Gasteiger partial charge in [-0.1, -0.05) is 36.4 Å². The summed E-state index contributed by atoms with van der Waals surface area (Å²) in [5.41, 5.74) is 1.51. The van der Waals surface area contributed by atoms with Gasteiger partial charge in [0.25, 0.3) is 5.91 Å². The van der Waals surface area contributed by atoms with E-state index in [4.69, 9.17) is 4.74 Å². The van der Waals surface area contributed by atoms with Gasteiger partial charge in [0.05, 0.1) is 17.6 Å². The first-order valence-corrected chi connectivity index (χ1v) is 8.69. The highest BCUT2D eigenvalue weighted by Crippen LogP contribution is 2.10. The van der Waals surface area contributed by atoms with Crippen LogP contribution in [-0.4, -0.2) is 10.5 Å². The number of nitrogens with one attached hydrogen (secondary N) is 1. The summed E-state index contributed by atoms with van der Waals surface area (Å²) in [5, 5.41) is 4.67. The van der Waals surface area contributed by atoms with E-state index in [0.29, 0.717) is 22.9 Å². The van der Waals surface area contributed by atoms with Gasteiger partial charge in [0.2, 0.25) is 5.43 Å². The van der Waals surface area contributed by atoms with Crippen molar-refractivity contribution in [2.24, 2.45) is 7.05 Å². The van der Waals surface area contributed by atoms with Crippen LogP contribution in [0.3, 0.4) is 0 Å². The summed E-state index contributed by atoms with van der Waals surface area (Å²) in [6, 6.07) is 14.8.